The molecule has 0 saturated heterocycles. The normalized spacial score (nSPS) is 10.2. The van der Waals surface area contributed by atoms with Crippen LogP contribution in [0.4, 0.5) is 11.4 Å². The number of hydrogen-bond acceptors (Lipinski definition) is 4. The maximum Gasteiger partial charge on any atom is 0.240 e. The summed E-state index contributed by atoms with van der Waals surface area (Å²) in [6.45, 7) is 8.02. The number of benzene rings is 2. The number of carbonyl (C=O) groups excluding carboxylic acids is 2. The van der Waals surface area contributed by atoms with Gasteiger partial charge in [0.15, 0.2) is 0 Å². The lowest BCUT2D eigenvalue weighted by Crippen LogP contribution is -1.96. The molecule has 26 heavy (non-hydrogen) atoms. The van der Waals surface area contributed by atoms with Crippen LogP contribution >= 0.6 is 0 Å². The highest BCUT2D eigenvalue weighted by atomic mass is 16.1. The van der Waals surface area contributed by atoms with Crippen molar-refractivity contribution in [2.75, 3.05) is 0 Å². The number of rotatable bonds is 7. The maximum atomic E-state index is 10.8. The summed E-state index contributed by atoms with van der Waals surface area (Å²) in [7, 11) is 0. The molecule has 0 unspecified atom stereocenters. The van der Waals surface area contributed by atoms with Crippen molar-refractivity contribution in [2.24, 2.45) is 9.98 Å². The van der Waals surface area contributed by atoms with Gasteiger partial charge < -0.3 is 0 Å². The maximum absolute atomic E-state index is 10.8. The molecule has 0 fully saturated rings. The van der Waals surface area contributed by atoms with E-state index in [4.69, 9.17) is 0 Å². The van der Waals surface area contributed by atoms with Crippen LogP contribution in [0.5, 0.6) is 0 Å². The minimum atomic E-state index is 0.505. The zero-order valence-electron chi connectivity index (χ0n) is 15.8. The van der Waals surface area contributed by atoms with Gasteiger partial charge in [-0.1, -0.05) is 23.8 Å². The Morgan fingerprint density at radius 2 is 1.54 bits per heavy atom. The van der Waals surface area contributed by atoms with E-state index >= 15 is 0 Å². The van der Waals surface area contributed by atoms with Crippen molar-refractivity contribution in [1.29, 1.82) is 0 Å². The molecule has 0 heterocycles. The van der Waals surface area contributed by atoms with Gasteiger partial charge in [-0.05, 0) is 81.7 Å². The summed E-state index contributed by atoms with van der Waals surface area (Å²) >= 11 is 0. The first kappa shape index (κ1) is 19.5. The average molecular weight is 348 g/mol. The molecule has 0 saturated carbocycles. The predicted molar refractivity (Wildman–Crippen MR) is 104 cm³/mol. The summed E-state index contributed by atoms with van der Waals surface area (Å²) in [4.78, 5) is 29.0. The molecule has 2 aromatic rings. The van der Waals surface area contributed by atoms with Crippen molar-refractivity contribution in [3.05, 3.63) is 57.6 Å². The predicted octanol–water partition coefficient (Wildman–Crippen LogP) is 5.42. The summed E-state index contributed by atoms with van der Waals surface area (Å²) < 4.78 is 0. The SMILES string of the molecule is Cc1ccc(C)c(CCCCc2c(C)cc(N=C=O)c(C)c2N=C=O)c1. The average Bonchev–Trinajstić information content (AvgIpc) is 2.61. The smallest absolute Gasteiger partial charge is 0.211 e. The Kier molecular flexibility index (Phi) is 6.80. The monoisotopic (exact) mass is 348 g/mol. The van der Waals surface area contributed by atoms with Gasteiger partial charge in [-0.15, -0.1) is 0 Å². The van der Waals surface area contributed by atoms with E-state index in [-0.39, 0.29) is 0 Å². The number of hydrogen-bond donors (Lipinski definition) is 0. The van der Waals surface area contributed by atoms with E-state index in [1.165, 1.54) is 16.7 Å². The standard InChI is InChI=1S/C22H24N2O2/c1-15-9-10-16(2)19(11-15)7-5-6-8-20-17(3)12-21(23-13-25)18(4)22(20)24-14-26/h9-12H,5-8H2,1-4H3. The van der Waals surface area contributed by atoms with Gasteiger partial charge in [-0.2, -0.15) is 9.98 Å². The molecule has 0 aliphatic carbocycles. The Morgan fingerprint density at radius 1 is 0.846 bits per heavy atom. The van der Waals surface area contributed by atoms with Crippen LogP contribution in [0.2, 0.25) is 0 Å². The molecule has 0 spiro atoms. The number of isocyanates is 2. The van der Waals surface area contributed by atoms with Crippen molar-refractivity contribution < 1.29 is 9.59 Å². The quantitative estimate of drug-likeness (QED) is 0.381. The van der Waals surface area contributed by atoms with E-state index < -0.39 is 0 Å². The minimum Gasteiger partial charge on any atom is -0.211 e. The lowest BCUT2D eigenvalue weighted by Gasteiger charge is -2.13. The minimum absolute atomic E-state index is 0.505. The number of aryl methyl sites for hydroxylation is 4. The third-order valence-corrected chi connectivity index (χ3v) is 4.81. The lowest BCUT2D eigenvalue weighted by atomic mass is 9.94. The lowest BCUT2D eigenvalue weighted by molar-refractivity contribution is 0.564. The highest BCUT2D eigenvalue weighted by molar-refractivity contribution is 5.70. The topological polar surface area (TPSA) is 58.9 Å². The molecule has 0 N–H and O–H groups in total. The van der Waals surface area contributed by atoms with Gasteiger partial charge in [0, 0.05) is 5.56 Å². The molecule has 0 amide bonds. The van der Waals surface area contributed by atoms with Crippen LogP contribution in [0.1, 0.15) is 46.2 Å². The molecule has 0 aromatic heterocycles. The summed E-state index contributed by atoms with van der Waals surface area (Å²) in [5.41, 5.74) is 7.80. The van der Waals surface area contributed by atoms with Gasteiger partial charge in [-0.3, -0.25) is 0 Å². The second-order valence-electron chi connectivity index (χ2n) is 6.71. The second kappa shape index (κ2) is 9.05. The van der Waals surface area contributed by atoms with Gasteiger partial charge in [0.05, 0.1) is 11.4 Å². The summed E-state index contributed by atoms with van der Waals surface area (Å²) in [6.07, 6.45) is 7.09. The largest absolute Gasteiger partial charge is 0.240 e. The van der Waals surface area contributed by atoms with E-state index in [0.29, 0.717) is 16.9 Å². The molecule has 0 aliphatic rings. The third-order valence-electron chi connectivity index (χ3n) is 4.81. The van der Waals surface area contributed by atoms with Crippen LogP contribution in [-0.4, -0.2) is 12.2 Å². The molecule has 2 rings (SSSR count). The highest BCUT2D eigenvalue weighted by Gasteiger charge is 2.13. The van der Waals surface area contributed by atoms with Crippen LogP contribution in [0.3, 0.4) is 0 Å². The Bertz CT molecular complexity index is 903. The molecule has 2 aromatic carbocycles. The first-order chi connectivity index (χ1) is 12.5. The van der Waals surface area contributed by atoms with Gasteiger partial charge >= 0.3 is 0 Å². The fourth-order valence-corrected chi connectivity index (χ4v) is 3.30. The molecular formula is C22H24N2O2. The van der Waals surface area contributed by atoms with Gasteiger partial charge in [0.25, 0.3) is 0 Å². The van der Waals surface area contributed by atoms with E-state index in [9.17, 15) is 9.59 Å². The molecule has 4 heteroatoms. The summed E-state index contributed by atoms with van der Waals surface area (Å²) in [5.74, 6) is 0. The fourth-order valence-electron chi connectivity index (χ4n) is 3.30. The van der Waals surface area contributed by atoms with Crippen molar-refractivity contribution >= 4 is 23.5 Å². The van der Waals surface area contributed by atoms with Crippen LogP contribution < -0.4 is 0 Å². The molecule has 0 atom stereocenters. The first-order valence-corrected chi connectivity index (χ1v) is 8.83. The van der Waals surface area contributed by atoms with Crippen LogP contribution in [0, 0.1) is 27.7 Å². The molecular weight excluding hydrogens is 324 g/mol. The zero-order valence-corrected chi connectivity index (χ0v) is 15.8. The Labute approximate surface area is 154 Å². The molecule has 134 valence electrons. The van der Waals surface area contributed by atoms with E-state index in [0.717, 1.165) is 36.8 Å². The van der Waals surface area contributed by atoms with E-state index in [2.05, 4.69) is 42.0 Å². The first-order valence-electron chi connectivity index (χ1n) is 8.83. The van der Waals surface area contributed by atoms with Crippen LogP contribution in [0.15, 0.2) is 34.3 Å². The molecule has 0 bridgehead atoms. The zero-order chi connectivity index (χ0) is 19.1. The summed E-state index contributed by atoms with van der Waals surface area (Å²) in [6, 6.07) is 8.41. The van der Waals surface area contributed by atoms with Crippen LogP contribution in [0.25, 0.3) is 0 Å². The Balaban J connectivity index is 2.16. The van der Waals surface area contributed by atoms with Crippen molar-refractivity contribution in [1.82, 2.24) is 0 Å². The van der Waals surface area contributed by atoms with E-state index in [1.807, 2.05) is 19.9 Å². The third kappa shape index (κ3) is 4.64. The fraction of sp³-hybridized carbons (Fsp3) is 0.364. The number of aliphatic imine (C=N–C) groups is 2. The van der Waals surface area contributed by atoms with Gasteiger partial charge in [-0.25, -0.2) is 9.59 Å². The van der Waals surface area contributed by atoms with Gasteiger partial charge in [0.2, 0.25) is 12.2 Å². The van der Waals surface area contributed by atoms with Crippen molar-refractivity contribution in [3.8, 4) is 0 Å². The summed E-state index contributed by atoms with van der Waals surface area (Å²) in [5, 5.41) is 0. The molecule has 4 nitrogen and oxygen atoms in total. The Morgan fingerprint density at radius 3 is 2.23 bits per heavy atom. The van der Waals surface area contributed by atoms with Crippen molar-refractivity contribution in [3.63, 3.8) is 0 Å². The second-order valence-corrected chi connectivity index (χ2v) is 6.71. The number of unbranched alkanes of at least 4 members (excludes halogenated alkanes) is 1. The van der Waals surface area contributed by atoms with Crippen molar-refractivity contribution in [2.45, 2.75) is 53.4 Å². The van der Waals surface area contributed by atoms with E-state index in [1.54, 1.807) is 12.2 Å². The molecule has 0 aliphatic heterocycles. The highest BCUT2D eigenvalue weighted by Crippen LogP contribution is 2.35. The van der Waals surface area contributed by atoms with Crippen LogP contribution in [-0.2, 0) is 22.4 Å². The number of nitrogens with zero attached hydrogens (tertiary/aromatic N) is 2. The molecule has 0 radical (unpaired) electrons. The van der Waals surface area contributed by atoms with Gasteiger partial charge in [0.1, 0.15) is 0 Å². The Hall–Kier alpha value is -2.80.